The molecule has 2 aliphatic rings. The minimum atomic E-state index is -3.48. The Kier molecular flexibility index (Phi) is 4.08. The van der Waals surface area contributed by atoms with E-state index in [4.69, 9.17) is 0 Å². The molecule has 0 unspecified atom stereocenters. The number of aryl methyl sites for hydroxylation is 1. The third-order valence-corrected chi connectivity index (χ3v) is 7.25. The molecule has 2 heterocycles. The summed E-state index contributed by atoms with van der Waals surface area (Å²) in [5.41, 5.74) is 3.22. The summed E-state index contributed by atoms with van der Waals surface area (Å²) in [5.74, 6) is 0.396. The van der Waals surface area contributed by atoms with E-state index in [9.17, 15) is 8.42 Å². The molecule has 1 N–H and O–H groups in total. The fourth-order valence-electron chi connectivity index (χ4n) is 4.04. The number of nitrogens with one attached hydrogen (secondary N) is 1. The second-order valence-electron chi connectivity index (χ2n) is 7.31. The van der Waals surface area contributed by atoms with Gasteiger partial charge in [0.2, 0.25) is 9.84 Å². The van der Waals surface area contributed by atoms with Crippen LogP contribution < -0.4 is 5.32 Å². The normalized spacial score (nSPS) is 23.4. The number of sulfone groups is 1. The zero-order valence-corrected chi connectivity index (χ0v) is 15.5. The molecule has 0 bridgehead atoms. The quantitative estimate of drug-likeness (QED) is 0.896. The van der Waals surface area contributed by atoms with Crippen LogP contribution in [0.4, 0.5) is 5.69 Å². The Bertz CT molecular complexity index is 908. The molecule has 4 nitrogen and oxygen atoms in total. The van der Waals surface area contributed by atoms with Gasteiger partial charge < -0.3 is 10.2 Å². The summed E-state index contributed by atoms with van der Waals surface area (Å²) in [4.78, 5) is 3.12. The summed E-state index contributed by atoms with van der Waals surface area (Å²) in [6.45, 7) is 4.05. The van der Waals surface area contributed by atoms with Gasteiger partial charge in [0.1, 0.15) is 0 Å². The van der Waals surface area contributed by atoms with Gasteiger partial charge in [-0.3, -0.25) is 0 Å². The number of rotatable bonds is 2. The van der Waals surface area contributed by atoms with Crippen molar-refractivity contribution >= 4 is 15.5 Å². The average Bonchev–Trinajstić information content (AvgIpc) is 2.84. The van der Waals surface area contributed by atoms with Crippen LogP contribution in [0.5, 0.6) is 0 Å². The van der Waals surface area contributed by atoms with Crippen LogP contribution in [-0.4, -0.2) is 39.5 Å². The van der Waals surface area contributed by atoms with Gasteiger partial charge in [0.25, 0.3) is 0 Å². The van der Waals surface area contributed by atoms with Crippen LogP contribution in [0.1, 0.15) is 29.9 Å². The van der Waals surface area contributed by atoms with Crippen molar-refractivity contribution in [2.75, 3.05) is 25.5 Å². The van der Waals surface area contributed by atoms with Crippen molar-refractivity contribution in [2.24, 2.45) is 0 Å². The predicted octanol–water partition coefficient (Wildman–Crippen LogP) is 3.43. The topological polar surface area (TPSA) is 49.4 Å². The lowest BCUT2D eigenvalue weighted by molar-refractivity contribution is 0.346. The van der Waals surface area contributed by atoms with Gasteiger partial charge in [-0.2, -0.15) is 0 Å². The largest absolute Gasteiger partial charge is 0.381 e. The Hall–Kier alpha value is -1.85. The highest BCUT2D eigenvalue weighted by molar-refractivity contribution is 7.91. The second kappa shape index (κ2) is 6.15. The summed E-state index contributed by atoms with van der Waals surface area (Å²) in [5, 5.41) is 3.60. The first kappa shape index (κ1) is 16.6. The molecule has 0 aromatic heterocycles. The van der Waals surface area contributed by atoms with Gasteiger partial charge in [-0.15, -0.1) is 0 Å². The van der Waals surface area contributed by atoms with Gasteiger partial charge in [0, 0.05) is 17.6 Å². The molecule has 1 fully saturated rings. The molecule has 2 aliphatic heterocycles. The third-order valence-electron chi connectivity index (χ3n) is 5.50. The molecular weight excluding hydrogens is 332 g/mol. The number of fused-ring (bicyclic) bond motifs is 3. The number of nitrogens with zero attached hydrogens (tertiary/aromatic N) is 1. The Morgan fingerprint density at radius 3 is 2.60 bits per heavy atom. The standard InChI is InChI=1S/C20H24N2O2S/c1-14-4-3-5-15(12-14)25(23,24)16-6-7-19-18(13-16)17-8-10-22(2)11-9-20(17)21-19/h3-7,12-13,17,20-21H,8-11H2,1-2H3/t17-,20-/m0/s1. The summed E-state index contributed by atoms with van der Waals surface area (Å²) in [6.07, 6.45) is 2.16. The van der Waals surface area contributed by atoms with Crippen LogP contribution in [0.15, 0.2) is 52.3 Å². The zero-order chi connectivity index (χ0) is 17.6. The highest BCUT2D eigenvalue weighted by Crippen LogP contribution is 2.42. The number of hydrogen-bond donors (Lipinski definition) is 1. The van der Waals surface area contributed by atoms with Gasteiger partial charge in [-0.05, 0) is 81.4 Å². The molecular formula is C20H24N2O2S. The van der Waals surface area contributed by atoms with E-state index in [0.717, 1.165) is 42.7 Å². The van der Waals surface area contributed by atoms with Crippen LogP contribution >= 0.6 is 0 Å². The van der Waals surface area contributed by atoms with Crippen LogP contribution in [0.3, 0.4) is 0 Å². The summed E-state index contributed by atoms with van der Waals surface area (Å²) < 4.78 is 26.1. The molecule has 2 aromatic rings. The van der Waals surface area contributed by atoms with Crippen molar-refractivity contribution in [3.63, 3.8) is 0 Å². The molecule has 0 radical (unpaired) electrons. The molecule has 5 heteroatoms. The van der Waals surface area contributed by atoms with Crippen molar-refractivity contribution in [3.05, 3.63) is 53.6 Å². The maximum atomic E-state index is 13.0. The van der Waals surface area contributed by atoms with E-state index < -0.39 is 9.84 Å². The zero-order valence-electron chi connectivity index (χ0n) is 14.7. The third kappa shape index (κ3) is 2.96. The minimum absolute atomic E-state index is 0.371. The van der Waals surface area contributed by atoms with Crippen LogP contribution in [0.2, 0.25) is 0 Å². The molecule has 0 aliphatic carbocycles. The Morgan fingerprint density at radius 1 is 1.04 bits per heavy atom. The van der Waals surface area contributed by atoms with Crippen molar-refractivity contribution < 1.29 is 8.42 Å². The Balaban J connectivity index is 1.73. The van der Waals surface area contributed by atoms with E-state index in [-0.39, 0.29) is 0 Å². The maximum Gasteiger partial charge on any atom is 0.206 e. The van der Waals surface area contributed by atoms with E-state index in [1.807, 2.05) is 25.1 Å². The highest BCUT2D eigenvalue weighted by atomic mass is 32.2. The van der Waals surface area contributed by atoms with E-state index in [1.54, 1.807) is 24.3 Å². The van der Waals surface area contributed by atoms with Gasteiger partial charge in [-0.25, -0.2) is 8.42 Å². The van der Waals surface area contributed by atoms with Crippen molar-refractivity contribution in [1.29, 1.82) is 0 Å². The molecule has 1 saturated heterocycles. The molecule has 2 atom stereocenters. The summed E-state index contributed by atoms with van der Waals surface area (Å²) >= 11 is 0. The Morgan fingerprint density at radius 2 is 1.80 bits per heavy atom. The lowest BCUT2D eigenvalue weighted by atomic mass is 9.91. The fourth-order valence-corrected chi connectivity index (χ4v) is 5.44. The number of hydrogen-bond acceptors (Lipinski definition) is 4. The molecule has 4 rings (SSSR count). The molecule has 2 aromatic carbocycles. The van der Waals surface area contributed by atoms with Crippen LogP contribution in [0, 0.1) is 6.92 Å². The second-order valence-corrected chi connectivity index (χ2v) is 9.26. The van der Waals surface area contributed by atoms with Gasteiger partial charge >= 0.3 is 0 Å². The maximum absolute atomic E-state index is 13.0. The number of anilines is 1. The summed E-state index contributed by atoms with van der Waals surface area (Å²) in [6, 6.07) is 13.1. The fraction of sp³-hybridized carbons (Fsp3) is 0.400. The summed E-state index contributed by atoms with van der Waals surface area (Å²) in [7, 11) is -1.33. The first-order chi connectivity index (χ1) is 11.9. The van der Waals surface area contributed by atoms with Crippen molar-refractivity contribution in [3.8, 4) is 0 Å². The monoisotopic (exact) mass is 356 g/mol. The van der Waals surface area contributed by atoms with Crippen LogP contribution in [-0.2, 0) is 9.84 Å². The SMILES string of the molecule is Cc1cccc(S(=O)(=O)c2ccc3c(c2)[C@@H]2CCN(C)CC[C@@H]2N3)c1. The Labute approximate surface area is 149 Å². The van der Waals surface area contributed by atoms with E-state index >= 15 is 0 Å². The van der Waals surface area contributed by atoms with Gasteiger partial charge in [-0.1, -0.05) is 12.1 Å². The lowest BCUT2D eigenvalue weighted by Crippen LogP contribution is -2.22. The predicted molar refractivity (Wildman–Crippen MR) is 100.0 cm³/mol. The van der Waals surface area contributed by atoms with Crippen LogP contribution in [0.25, 0.3) is 0 Å². The van der Waals surface area contributed by atoms with E-state index in [0.29, 0.717) is 21.8 Å². The van der Waals surface area contributed by atoms with Crippen molar-refractivity contribution in [2.45, 2.75) is 41.5 Å². The average molecular weight is 356 g/mol. The smallest absolute Gasteiger partial charge is 0.206 e. The van der Waals surface area contributed by atoms with E-state index in [2.05, 4.69) is 17.3 Å². The van der Waals surface area contributed by atoms with Gasteiger partial charge in [0.15, 0.2) is 0 Å². The number of likely N-dealkylation sites (tertiary alicyclic amines) is 1. The van der Waals surface area contributed by atoms with Crippen molar-refractivity contribution in [1.82, 2.24) is 4.90 Å². The lowest BCUT2D eigenvalue weighted by Gasteiger charge is -2.16. The minimum Gasteiger partial charge on any atom is -0.381 e. The number of benzene rings is 2. The molecule has 0 spiro atoms. The first-order valence-electron chi connectivity index (χ1n) is 8.86. The first-order valence-corrected chi connectivity index (χ1v) is 10.3. The molecule has 132 valence electrons. The van der Waals surface area contributed by atoms with Gasteiger partial charge in [0.05, 0.1) is 9.79 Å². The molecule has 25 heavy (non-hydrogen) atoms. The molecule has 0 amide bonds. The highest BCUT2D eigenvalue weighted by Gasteiger charge is 2.34. The van der Waals surface area contributed by atoms with E-state index in [1.165, 1.54) is 0 Å². The molecule has 0 saturated carbocycles.